The van der Waals surface area contributed by atoms with E-state index in [-0.39, 0.29) is 12.4 Å². The third-order valence-corrected chi connectivity index (χ3v) is 3.20. The van der Waals surface area contributed by atoms with E-state index in [1.807, 2.05) is 18.2 Å². The van der Waals surface area contributed by atoms with Crippen LogP contribution in [0.3, 0.4) is 0 Å². The van der Waals surface area contributed by atoms with E-state index in [9.17, 15) is 12.8 Å². The molecule has 0 N–H and O–H groups in total. The highest BCUT2D eigenvalue weighted by atomic mass is 32.2. The van der Waals surface area contributed by atoms with Crippen LogP contribution in [-0.2, 0) is 20.7 Å². The van der Waals surface area contributed by atoms with Crippen LogP contribution in [0.1, 0.15) is 5.56 Å². The molecule has 0 aliphatic carbocycles. The zero-order chi connectivity index (χ0) is 13.2. The Morgan fingerprint density at radius 1 is 1.22 bits per heavy atom. The first-order valence-corrected chi connectivity index (χ1v) is 7.29. The Balaban J connectivity index is 2.23. The number of hydrogen-bond donors (Lipinski definition) is 0. The molecule has 0 saturated heterocycles. The van der Waals surface area contributed by atoms with E-state index in [1.165, 1.54) is 12.1 Å². The Kier molecular flexibility index (Phi) is 3.63. The lowest BCUT2D eigenvalue weighted by Crippen LogP contribution is -2.06. The molecule has 3 nitrogen and oxygen atoms in total. The molecular formula is C13H13FO3S. The molecule has 0 heterocycles. The molecule has 96 valence electrons. The molecule has 0 unspecified atom stereocenters. The third kappa shape index (κ3) is 3.27. The molecule has 0 spiro atoms. The summed E-state index contributed by atoms with van der Waals surface area (Å²) in [6.45, 7) is 0.0926. The molecule has 0 aliphatic rings. The SMILES string of the molecule is CS(=O)(=O)OCCc1cccc2cc(F)ccc12. The van der Waals surface area contributed by atoms with Crippen LogP contribution >= 0.6 is 0 Å². The lowest BCUT2D eigenvalue weighted by atomic mass is 10.0. The average molecular weight is 268 g/mol. The Hall–Kier alpha value is -1.46. The number of fused-ring (bicyclic) bond motifs is 1. The highest BCUT2D eigenvalue weighted by Gasteiger charge is 2.05. The predicted molar refractivity (Wildman–Crippen MR) is 68.4 cm³/mol. The van der Waals surface area contributed by atoms with Crippen LogP contribution in [0.25, 0.3) is 10.8 Å². The molecule has 5 heteroatoms. The minimum atomic E-state index is -3.41. The molecule has 0 saturated carbocycles. The van der Waals surface area contributed by atoms with E-state index in [1.54, 1.807) is 6.07 Å². The van der Waals surface area contributed by atoms with Gasteiger partial charge in [0.2, 0.25) is 0 Å². The fourth-order valence-electron chi connectivity index (χ4n) is 1.84. The summed E-state index contributed by atoms with van der Waals surface area (Å²) in [7, 11) is -3.41. The van der Waals surface area contributed by atoms with Gasteiger partial charge in [0, 0.05) is 0 Å². The minimum Gasteiger partial charge on any atom is -0.270 e. The first kappa shape index (κ1) is 13.0. The Morgan fingerprint density at radius 3 is 2.72 bits per heavy atom. The molecule has 2 aromatic carbocycles. The normalized spacial score (nSPS) is 11.9. The first-order valence-electron chi connectivity index (χ1n) is 5.47. The van der Waals surface area contributed by atoms with E-state index in [2.05, 4.69) is 0 Å². The van der Waals surface area contributed by atoms with Crippen molar-refractivity contribution in [2.45, 2.75) is 6.42 Å². The molecule has 0 atom stereocenters. The van der Waals surface area contributed by atoms with E-state index < -0.39 is 10.1 Å². The summed E-state index contributed by atoms with van der Waals surface area (Å²) in [5.41, 5.74) is 0.941. The largest absolute Gasteiger partial charge is 0.270 e. The quantitative estimate of drug-likeness (QED) is 0.800. The fourth-order valence-corrected chi connectivity index (χ4v) is 2.23. The van der Waals surface area contributed by atoms with Crippen LogP contribution < -0.4 is 0 Å². The highest BCUT2D eigenvalue weighted by molar-refractivity contribution is 7.85. The fraction of sp³-hybridized carbons (Fsp3) is 0.231. The van der Waals surface area contributed by atoms with Crippen LogP contribution in [0.15, 0.2) is 36.4 Å². The number of rotatable bonds is 4. The van der Waals surface area contributed by atoms with Crippen molar-refractivity contribution in [3.63, 3.8) is 0 Å². The van der Waals surface area contributed by atoms with E-state index in [0.29, 0.717) is 6.42 Å². The number of halogens is 1. The van der Waals surface area contributed by atoms with Crippen molar-refractivity contribution < 1.29 is 17.0 Å². The third-order valence-electron chi connectivity index (χ3n) is 2.60. The van der Waals surface area contributed by atoms with Crippen molar-refractivity contribution in [1.29, 1.82) is 0 Å². The Bertz CT molecular complexity index is 665. The zero-order valence-electron chi connectivity index (χ0n) is 9.89. The predicted octanol–water partition coefficient (Wildman–Crippen LogP) is 2.50. The highest BCUT2D eigenvalue weighted by Crippen LogP contribution is 2.20. The van der Waals surface area contributed by atoms with E-state index in [0.717, 1.165) is 22.6 Å². The van der Waals surface area contributed by atoms with E-state index in [4.69, 9.17) is 4.18 Å². The molecule has 18 heavy (non-hydrogen) atoms. The molecule has 0 aromatic heterocycles. The van der Waals surface area contributed by atoms with Crippen LogP contribution in [0, 0.1) is 5.82 Å². The maximum atomic E-state index is 13.1. The van der Waals surface area contributed by atoms with Crippen LogP contribution in [0.4, 0.5) is 4.39 Å². The van der Waals surface area contributed by atoms with Crippen molar-refractivity contribution >= 4 is 20.9 Å². The molecular weight excluding hydrogens is 255 g/mol. The van der Waals surface area contributed by atoms with Crippen LogP contribution in [0.5, 0.6) is 0 Å². The lowest BCUT2D eigenvalue weighted by Gasteiger charge is -2.06. The van der Waals surface area contributed by atoms with Gasteiger partial charge in [0.15, 0.2) is 0 Å². The maximum Gasteiger partial charge on any atom is 0.264 e. The summed E-state index contributed by atoms with van der Waals surface area (Å²) < 4.78 is 39.5. The topological polar surface area (TPSA) is 43.4 Å². The van der Waals surface area contributed by atoms with Gasteiger partial charge in [-0.25, -0.2) is 4.39 Å². The van der Waals surface area contributed by atoms with Crippen molar-refractivity contribution in [3.8, 4) is 0 Å². The second-order valence-electron chi connectivity index (χ2n) is 4.06. The summed E-state index contributed by atoms with van der Waals surface area (Å²) in [6, 6.07) is 10.1. The van der Waals surface area contributed by atoms with Gasteiger partial charge >= 0.3 is 0 Å². The van der Waals surface area contributed by atoms with Crippen LogP contribution in [-0.4, -0.2) is 21.3 Å². The maximum absolute atomic E-state index is 13.1. The average Bonchev–Trinajstić information content (AvgIpc) is 2.27. The summed E-state index contributed by atoms with van der Waals surface area (Å²) in [5, 5.41) is 1.71. The Morgan fingerprint density at radius 2 is 2.00 bits per heavy atom. The summed E-state index contributed by atoms with van der Waals surface area (Å²) in [5.74, 6) is -0.285. The lowest BCUT2D eigenvalue weighted by molar-refractivity contribution is 0.326. The van der Waals surface area contributed by atoms with Crippen molar-refractivity contribution in [1.82, 2.24) is 0 Å². The molecule has 0 bridgehead atoms. The molecule has 2 aromatic rings. The molecule has 2 rings (SSSR count). The van der Waals surface area contributed by atoms with Gasteiger partial charge in [0.25, 0.3) is 10.1 Å². The molecule has 0 fully saturated rings. The number of benzene rings is 2. The monoisotopic (exact) mass is 268 g/mol. The molecule has 0 aliphatic heterocycles. The van der Waals surface area contributed by atoms with Gasteiger partial charge in [-0.3, -0.25) is 4.18 Å². The Labute approximate surface area is 105 Å². The van der Waals surface area contributed by atoms with E-state index >= 15 is 0 Å². The van der Waals surface area contributed by atoms with Crippen molar-refractivity contribution in [2.75, 3.05) is 12.9 Å². The van der Waals surface area contributed by atoms with Gasteiger partial charge in [0.05, 0.1) is 12.9 Å². The summed E-state index contributed by atoms with van der Waals surface area (Å²) in [6.07, 6.45) is 1.49. The van der Waals surface area contributed by atoms with Gasteiger partial charge in [-0.05, 0) is 34.9 Å². The second-order valence-corrected chi connectivity index (χ2v) is 5.70. The molecule has 0 radical (unpaired) electrons. The van der Waals surface area contributed by atoms with Gasteiger partial charge in [0.1, 0.15) is 5.82 Å². The minimum absolute atomic E-state index is 0.0926. The first-order chi connectivity index (χ1) is 8.46. The summed E-state index contributed by atoms with van der Waals surface area (Å²) >= 11 is 0. The smallest absolute Gasteiger partial charge is 0.264 e. The van der Waals surface area contributed by atoms with Gasteiger partial charge < -0.3 is 0 Å². The van der Waals surface area contributed by atoms with Crippen LogP contribution in [0.2, 0.25) is 0 Å². The van der Waals surface area contributed by atoms with Gasteiger partial charge in [-0.2, -0.15) is 8.42 Å². The van der Waals surface area contributed by atoms with Crippen molar-refractivity contribution in [2.24, 2.45) is 0 Å². The second kappa shape index (κ2) is 5.04. The standard InChI is InChI=1S/C13H13FO3S/c1-18(15,16)17-8-7-10-3-2-4-11-9-12(14)5-6-13(10)11/h2-6,9H,7-8H2,1H3. The van der Waals surface area contributed by atoms with Crippen molar-refractivity contribution in [3.05, 3.63) is 47.8 Å². The van der Waals surface area contributed by atoms with Gasteiger partial charge in [-0.1, -0.05) is 24.3 Å². The zero-order valence-corrected chi connectivity index (χ0v) is 10.7. The molecule has 0 amide bonds. The number of hydrogen-bond acceptors (Lipinski definition) is 3. The van der Waals surface area contributed by atoms with Gasteiger partial charge in [-0.15, -0.1) is 0 Å². The summed E-state index contributed by atoms with van der Waals surface area (Å²) in [4.78, 5) is 0.